The van der Waals surface area contributed by atoms with Gasteiger partial charge in [0.15, 0.2) is 0 Å². The molecule has 0 spiro atoms. The van der Waals surface area contributed by atoms with Crippen LogP contribution in [0.5, 0.6) is 0 Å². The first-order valence-electron chi connectivity index (χ1n) is 7.16. The second-order valence-electron chi connectivity index (χ2n) is 4.91. The van der Waals surface area contributed by atoms with Gasteiger partial charge in [-0.15, -0.1) is 11.3 Å². The number of nitrogens with zero attached hydrogens (tertiary/aromatic N) is 1. The minimum atomic E-state index is -0.430. The predicted molar refractivity (Wildman–Crippen MR) is 79.4 cm³/mol. The highest BCUT2D eigenvalue weighted by Gasteiger charge is 2.27. The van der Waals surface area contributed by atoms with Gasteiger partial charge in [0.2, 0.25) is 6.29 Å². The van der Waals surface area contributed by atoms with Gasteiger partial charge in [-0.2, -0.15) is 0 Å². The van der Waals surface area contributed by atoms with Crippen LogP contribution in [0.1, 0.15) is 47.7 Å². The van der Waals surface area contributed by atoms with E-state index < -0.39 is 6.29 Å². The molecule has 0 unspecified atom stereocenters. The maximum Gasteiger partial charge on any atom is 0.263 e. The highest BCUT2D eigenvalue weighted by atomic mass is 32.1. The molecule has 1 aromatic heterocycles. The zero-order valence-corrected chi connectivity index (χ0v) is 13.5. The Morgan fingerprint density at radius 2 is 2.14 bits per heavy atom. The van der Waals surface area contributed by atoms with Crippen molar-refractivity contribution in [3.05, 3.63) is 16.1 Å². The first-order chi connectivity index (χ1) is 10.1. The van der Waals surface area contributed by atoms with E-state index in [-0.39, 0.29) is 11.5 Å². The third-order valence-electron chi connectivity index (χ3n) is 3.86. The van der Waals surface area contributed by atoms with Crippen LogP contribution in [0.25, 0.3) is 0 Å². The van der Waals surface area contributed by atoms with Crippen molar-refractivity contribution in [2.75, 3.05) is 26.9 Å². The Bertz CT molecular complexity index is 459. The second kappa shape index (κ2) is 7.31. The van der Waals surface area contributed by atoms with Crippen LogP contribution in [0.15, 0.2) is 6.20 Å². The van der Waals surface area contributed by atoms with Gasteiger partial charge < -0.3 is 19.5 Å². The third kappa shape index (κ3) is 3.79. The molecule has 118 valence electrons. The molecule has 2 heterocycles. The zero-order valence-electron chi connectivity index (χ0n) is 12.7. The molecule has 21 heavy (non-hydrogen) atoms. The lowest BCUT2D eigenvalue weighted by Crippen LogP contribution is -2.43. The van der Waals surface area contributed by atoms with E-state index >= 15 is 0 Å². The van der Waals surface area contributed by atoms with Crippen molar-refractivity contribution in [1.29, 1.82) is 0 Å². The molecule has 0 atom stereocenters. The number of amides is 1. The molecular weight excluding hydrogens is 292 g/mol. The van der Waals surface area contributed by atoms with Gasteiger partial charge in [-0.25, -0.2) is 4.98 Å². The molecule has 7 heteroatoms. The standard InChI is InChI=1S/C14H22N2O4S/c1-4-14(5-2,18-3)9-16-11(17)10-8-15-12(21-10)13-19-6-7-20-13/h8,13H,4-7,9H2,1-3H3,(H,16,17). The van der Waals surface area contributed by atoms with Crippen LogP contribution in [-0.4, -0.2) is 43.4 Å². The molecule has 0 saturated carbocycles. The van der Waals surface area contributed by atoms with Crippen molar-refractivity contribution in [3.8, 4) is 0 Å². The maximum absolute atomic E-state index is 12.2. The largest absolute Gasteiger partial charge is 0.376 e. The van der Waals surface area contributed by atoms with Crippen LogP contribution in [0, 0.1) is 0 Å². The highest BCUT2D eigenvalue weighted by Crippen LogP contribution is 2.27. The molecule has 1 fully saturated rings. The summed E-state index contributed by atoms with van der Waals surface area (Å²) in [5.41, 5.74) is -0.305. The molecule has 1 aliphatic heterocycles. The summed E-state index contributed by atoms with van der Waals surface area (Å²) >= 11 is 1.30. The molecule has 1 amide bonds. The molecule has 1 N–H and O–H groups in total. The van der Waals surface area contributed by atoms with E-state index in [4.69, 9.17) is 14.2 Å². The van der Waals surface area contributed by atoms with E-state index in [1.165, 1.54) is 11.3 Å². The Kier molecular flexibility index (Phi) is 5.69. The smallest absolute Gasteiger partial charge is 0.263 e. The summed E-state index contributed by atoms with van der Waals surface area (Å²) in [5.74, 6) is -0.139. The minimum absolute atomic E-state index is 0.139. The van der Waals surface area contributed by atoms with Crippen molar-refractivity contribution >= 4 is 17.2 Å². The number of hydrogen-bond acceptors (Lipinski definition) is 6. The van der Waals surface area contributed by atoms with E-state index in [0.29, 0.717) is 29.6 Å². The van der Waals surface area contributed by atoms with Crippen LogP contribution in [0.3, 0.4) is 0 Å². The molecule has 6 nitrogen and oxygen atoms in total. The number of carbonyl (C=O) groups excluding carboxylic acids is 1. The summed E-state index contributed by atoms with van der Waals surface area (Å²) < 4.78 is 16.3. The summed E-state index contributed by atoms with van der Waals surface area (Å²) in [5, 5.41) is 3.60. The molecule has 0 aliphatic carbocycles. The molecule has 1 aliphatic rings. The van der Waals surface area contributed by atoms with Crippen molar-refractivity contribution in [3.63, 3.8) is 0 Å². The first kappa shape index (κ1) is 16.4. The van der Waals surface area contributed by atoms with Crippen LogP contribution in [0.4, 0.5) is 0 Å². The molecule has 2 rings (SSSR count). The number of thiazole rings is 1. The molecule has 0 radical (unpaired) electrons. The highest BCUT2D eigenvalue weighted by molar-refractivity contribution is 7.13. The Labute approximate surface area is 128 Å². The van der Waals surface area contributed by atoms with E-state index in [1.807, 2.05) is 0 Å². The third-order valence-corrected chi connectivity index (χ3v) is 4.88. The monoisotopic (exact) mass is 314 g/mol. The molecule has 1 aromatic rings. The fourth-order valence-corrected chi connectivity index (χ4v) is 3.03. The zero-order chi connectivity index (χ0) is 15.3. The maximum atomic E-state index is 12.2. The number of aromatic nitrogens is 1. The van der Waals surface area contributed by atoms with E-state index in [0.717, 1.165) is 12.8 Å². The summed E-state index contributed by atoms with van der Waals surface area (Å²) in [7, 11) is 1.68. The normalized spacial score (nSPS) is 16.3. The van der Waals surface area contributed by atoms with Crippen molar-refractivity contribution in [2.24, 2.45) is 0 Å². The van der Waals surface area contributed by atoms with Crippen molar-refractivity contribution in [2.45, 2.75) is 38.6 Å². The number of ether oxygens (including phenoxy) is 3. The lowest BCUT2D eigenvalue weighted by atomic mass is 9.97. The Morgan fingerprint density at radius 1 is 1.48 bits per heavy atom. The quantitative estimate of drug-likeness (QED) is 0.835. The predicted octanol–water partition coefficient (Wildman–Crippen LogP) is 2.12. The fourth-order valence-electron chi connectivity index (χ4n) is 2.19. The second-order valence-corrected chi connectivity index (χ2v) is 5.98. The molecular formula is C14H22N2O4S. The van der Waals surface area contributed by atoms with Crippen LogP contribution in [-0.2, 0) is 14.2 Å². The summed E-state index contributed by atoms with van der Waals surface area (Å²) in [4.78, 5) is 16.9. The Morgan fingerprint density at radius 3 is 2.71 bits per heavy atom. The Balaban J connectivity index is 1.94. The van der Waals surface area contributed by atoms with Gasteiger partial charge in [0.05, 0.1) is 25.0 Å². The van der Waals surface area contributed by atoms with Gasteiger partial charge in [-0.05, 0) is 12.8 Å². The molecule has 0 aromatic carbocycles. The van der Waals surface area contributed by atoms with Crippen LogP contribution >= 0.6 is 11.3 Å². The van der Waals surface area contributed by atoms with E-state index in [1.54, 1.807) is 13.3 Å². The summed E-state index contributed by atoms with van der Waals surface area (Å²) in [6.07, 6.45) is 2.82. The fraction of sp³-hybridized carbons (Fsp3) is 0.714. The first-order valence-corrected chi connectivity index (χ1v) is 7.98. The summed E-state index contributed by atoms with van der Waals surface area (Å²) in [6, 6.07) is 0. The number of nitrogens with one attached hydrogen (secondary N) is 1. The van der Waals surface area contributed by atoms with Crippen LogP contribution in [0.2, 0.25) is 0 Å². The molecule has 0 bridgehead atoms. The van der Waals surface area contributed by atoms with Gasteiger partial charge in [0.1, 0.15) is 9.88 Å². The lowest BCUT2D eigenvalue weighted by molar-refractivity contribution is -0.0442. The summed E-state index contributed by atoms with van der Waals surface area (Å²) in [6.45, 7) is 5.72. The Hall–Kier alpha value is -1.02. The van der Waals surface area contributed by atoms with Gasteiger partial charge in [-0.1, -0.05) is 13.8 Å². The SMILES string of the molecule is CCC(CC)(CNC(=O)c1cnc(C2OCCO2)s1)OC. The average molecular weight is 314 g/mol. The van der Waals surface area contributed by atoms with Crippen molar-refractivity contribution in [1.82, 2.24) is 10.3 Å². The van der Waals surface area contributed by atoms with Crippen LogP contribution < -0.4 is 5.32 Å². The number of methoxy groups -OCH3 is 1. The average Bonchev–Trinajstić information content (AvgIpc) is 3.20. The van der Waals surface area contributed by atoms with Gasteiger partial charge in [0.25, 0.3) is 5.91 Å². The van der Waals surface area contributed by atoms with E-state index in [9.17, 15) is 4.79 Å². The topological polar surface area (TPSA) is 69.7 Å². The molecule has 1 saturated heterocycles. The van der Waals surface area contributed by atoms with Gasteiger partial charge in [0, 0.05) is 13.7 Å². The van der Waals surface area contributed by atoms with Crippen molar-refractivity contribution < 1.29 is 19.0 Å². The number of hydrogen-bond donors (Lipinski definition) is 1. The minimum Gasteiger partial charge on any atom is -0.376 e. The number of rotatable bonds is 7. The number of carbonyl (C=O) groups is 1. The lowest BCUT2D eigenvalue weighted by Gasteiger charge is -2.30. The van der Waals surface area contributed by atoms with Gasteiger partial charge in [-0.3, -0.25) is 4.79 Å². The van der Waals surface area contributed by atoms with E-state index in [2.05, 4.69) is 24.1 Å². The van der Waals surface area contributed by atoms with Gasteiger partial charge >= 0.3 is 0 Å².